The van der Waals surface area contributed by atoms with Gasteiger partial charge in [-0.15, -0.1) is 16.9 Å². The average Bonchev–Trinajstić information content (AvgIpc) is 3.41. The molecule has 0 aliphatic carbocycles. The Morgan fingerprint density at radius 3 is 2.90 bits per heavy atom. The lowest BCUT2D eigenvalue weighted by Crippen LogP contribution is -2.71. The minimum Gasteiger partial charge on any atom is -0.477 e. The summed E-state index contributed by atoms with van der Waals surface area (Å²) in [5.74, 6) is -2.01. The van der Waals surface area contributed by atoms with Gasteiger partial charge in [-0.3, -0.25) is 14.5 Å². The Balaban J connectivity index is 1.54. The monoisotopic (exact) mass is 465 g/mol. The lowest BCUT2D eigenvalue weighted by Gasteiger charge is -2.49. The number of carboxylic acid groups (broad SMARTS) is 1. The van der Waals surface area contributed by atoms with Gasteiger partial charge in [0.1, 0.15) is 24.2 Å². The van der Waals surface area contributed by atoms with E-state index in [2.05, 4.69) is 26.0 Å². The molecule has 4 heterocycles. The highest BCUT2D eigenvalue weighted by atomic mass is 32.2. The second-order valence-corrected chi connectivity index (χ2v) is 8.39. The number of nitrogens with one attached hydrogen (secondary N) is 1. The fourth-order valence-corrected chi connectivity index (χ4v) is 5.38. The fraction of sp³-hybridized carbons (Fsp3) is 0.312. The zero-order valence-electron chi connectivity index (χ0n) is 16.1. The number of amides is 2. The molecule has 0 spiro atoms. The maximum atomic E-state index is 12.8. The molecule has 162 valence electrons. The number of furan rings is 1. The molecule has 0 radical (unpaired) electrons. The summed E-state index contributed by atoms with van der Waals surface area (Å²) in [4.78, 5) is 43.7. The molecule has 31 heavy (non-hydrogen) atoms. The first-order chi connectivity index (χ1) is 14.9. The molecule has 1 fully saturated rings. The van der Waals surface area contributed by atoms with Crippen LogP contribution in [0.25, 0.3) is 0 Å². The van der Waals surface area contributed by atoms with E-state index in [1.165, 1.54) is 35.9 Å². The smallest absolute Gasteiger partial charge is 0.353 e. The number of nitrogens with zero attached hydrogens (tertiary/aromatic N) is 6. The predicted molar refractivity (Wildman–Crippen MR) is 107 cm³/mol. The molecule has 15 heteroatoms. The van der Waals surface area contributed by atoms with E-state index < -0.39 is 29.2 Å². The Morgan fingerprint density at radius 1 is 1.48 bits per heavy atom. The van der Waals surface area contributed by atoms with Crippen LogP contribution in [-0.4, -0.2) is 78.0 Å². The molecule has 2 N–H and O–H groups in total. The highest BCUT2D eigenvalue weighted by Crippen LogP contribution is 2.44. The molecule has 13 nitrogen and oxygen atoms in total. The average molecular weight is 465 g/mol. The number of hydrogen-bond donors (Lipinski definition) is 2. The van der Waals surface area contributed by atoms with Crippen molar-refractivity contribution in [3.05, 3.63) is 34.8 Å². The Kier molecular flexibility index (Phi) is 5.69. The molecule has 2 aliphatic rings. The third-order valence-electron chi connectivity index (χ3n) is 4.37. The number of β-lactam (4-membered cyclic amide) rings is 1. The van der Waals surface area contributed by atoms with Gasteiger partial charge < -0.3 is 19.7 Å². The molecule has 2 aromatic heterocycles. The van der Waals surface area contributed by atoms with Crippen molar-refractivity contribution in [1.29, 1.82) is 0 Å². The van der Waals surface area contributed by atoms with Crippen LogP contribution in [0.2, 0.25) is 0 Å². The van der Waals surface area contributed by atoms with Crippen molar-refractivity contribution in [3.8, 4) is 0 Å². The number of tetrazole rings is 1. The van der Waals surface area contributed by atoms with Crippen LogP contribution in [0.4, 0.5) is 0 Å². The number of hydrogen-bond acceptors (Lipinski definition) is 11. The van der Waals surface area contributed by atoms with Crippen LogP contribution in [0.15, 0.2) is 43.7 Å². The van der Waals surface area contributed by atoms with Crippen LogP contribution in [-0.2, 0) is 26.3 Å². The number of aliphatic carboxylic acids is 1. The van der Waals surface area contributed by atoms with Crippen LogP contribution < -0.4 is 5.32 Å². The van der Waals surface area contributed by atoms with Gasteiger partial charge in [-0.05, 0) is 34.3 Å². The highest BCUT2D eigenvalue weighted by Gasteiger charge is 2.54. The van der Waals surface area contributed by atoms with Crippen molar-refractivity contribution in [1.82, 2.24) is 30.4 Å². The van der Waals surface area contributed by atoms with Crippen LogP contribution in [0.5, 0.6) is 0 Å². The molecule has 4 rings (SSSR count). The number of carbonyl (C=O) groups is 3. The van der Waals surface area contributed by atoms with Gasteiger partial charge >= 0.3 is 5.97 Å². The molecule has 0 unspecified atom stereocenters. The van der Waals surface area contributed by atoms with Gasteiger partial charge in [-0.2, -0.15) is 0 Å². The van der Waals surface area contributed by atoms with Gasteiger partial charge in [0.15, 0.2) is 5.76 Å². The number of oxime groups is 1. The maximum absolute atomic E-state index is 12.8. The summed E-state index contributed by atoms with van der Waals surface area (Å²) in [5, 5.41) is 26.9. The number of aromatic nitrogens is 4. The van der Waals surface area contributed by atoms with Gasteiger partial charge in [0.2, 0.25) is 10.9 Å². The summed E-state index contributed by atoms with van der Waals surface area (Å²) in [7, 11) is 2.90. The fourth-order valence-electron chi connectivity index (χ4n) is 3.00. The van der Waals surface area contributed by atoms with E-state index in [0.717, 1.165) is 16.7 Å². The summed E-state index contributed by atoms with van der Waals surface area (Å²) < 4.78 is 6.58. The van der Waals surface area contributed by atoms with Gasteiger partial charge in [-0.25, -0.2) is 9.48 Å². The summed E-state index contributed by atoms with van der Waals surface area (Å²) in [6.45, 7) is 0. The van der Waals surface area contributed by atoms with E-state index in [1.54, 1.807) is 13.1 Å². The summed E-state index contributed by atoms with van der Waals surface area (Å²) in [6, 6.07) is 2.18. The lowest BCUT2D eigenvalue weighted by atomic mass is 10.0. The summed E-state index contributed by atoms with van der Waals surface area (Å²) >= 11 is 2.40. The molecular formula is C16H15N7O6S2. The van der Waals surface area contributed by atoms with E-state index in [1.807, 2.05) is 0 Å². The number of rotatable bonds is 7. The highest BCUT2D eigenvalue weighted by molar-refractivity contribution is 8.06. The van der Waals surface area contributed by atoms with Crippen molar-refractivity contribution in [2.24, 2.45) is 12.2 Å². The first-order valence-electron chi connectivity index (χ1n) is 8.69. The molecule has 0 saturated carbocycles. The minimum absolute atomic E-state index is 0.139. The molecule has 0 aromatic carbocycles. The largest absolute Gasteiger partial charge is 0.477 e. The van der Waals surface area contributed by atoms with Crippen molar-refractivity contribution >= 4 is 47.0 Å². The zero-order chi connectivity index (χ0) is 22.1. The second kappa shape index (κ2) is 8.43. The van der Waals surface area contributed by atoms with E-state index in [4.69, 9.17) is 9.25 Å². The van der Waals surface area contributed by atoms with Crippen molar-refractivity contribution < 1.29 is 28.7 Å². The first-order valence-corrected chi connectivity index (χ1v) is 10.6. The maximum Gasteiger partial charge on any atom is 0.353 e. The Morgan fingerprint density at radius 2 is 2.29 bits per heavy atom. The lowest BCUT2D eigenvalue weighted by molar-refractivity contribution is -0.150. The van der Waals surface area contributed by atoms with E-state index in [0.29, 0.717) is 15.8 Å². The van der Waals surface area contributed by atoms with E-state index >= 15 is 0 Å². The molecule has 2 aromatic rings. The molecule has 2 aliphatic heterocycles. The van der Waals surface area contributed by atoms with Gasteiger partial charge in [0.05, 0.1) is 6.26 Å². The zero-order valence-corrected chi connectivity index (χ0v) is 17.7. The summed E-state index contributed by atoms with van der Waals surface area (Å²) in [5.41, 5.74) is -0.288. The van der Waals surface area contributed by atoms with Crippen LogP contribution in [0.1, 0.15) is 5.76 Å². The van der Waals surface area contributed by atoms with Crippen LogP contribution in [0, 0.1) is 0 Å². The number of fused-ring (bicyclic) bond motifs is 1. The van der Waals surface area contributed by atoms with Crippen molar-refractivity contribution in [2.75, 3.05) is 12.9 Å². The normalized spacial score (nSPS) is 20.9. The third-order valence-corrected chi connectivity index (χ3v) is 6.95. The van der Waals surface area contributed by atoms with Crippen molar-refractivity contribution in [2.45, 2.75) is 16.6 Å². The SMILES string of the molecule is CON=C(C(=O)N[C@@H]1C(=O)N2C(C(=O)O)=C(Sc3nnnn3C)CS[C@@H]12)c1ccco1. The number of thioether (sulfide) groups is 2. The van der Waals surface area contributed by atoms with Crippen LogP contribution in [0.3, 0.4) is 0 Å². The van der Waals surface area contributed by atoms with Gasteiger partial charge in [-0.1, -0.05) is 5.16 Å². The Hall–Kier alpha value is -3.33. The topological polar surface area (TPSA) is 165 Å². The molecule has 2 atom stereocenters. The number of aryl methyl sites for hydroxylation is 1. The van der Waals surface area contributed by atoms with E-state index in [9.17, 15) is 19.5 Å². The third kappa shape index (κ3) is 3.76. The number of carboxylic acids is 1. The minimum atomic E-state index is -1.25. The van der Waals surface area contributed by atoms with Gasteiger partial charge in [0, 0.05) is 17.7 Å². The molecular weight excluding hydrogens is 450 g/mol. The quantitative estimate of drug-likeness (QED) is 0.312. The molecule has 1 saturated heterocycles. The van der Waals surface area contributed by atoms with Crippen molar-refractivity contribution in [3.63, 3.8) is 0 Å². The van der Waals surface area contributed by atoms with Crippen LogP contribution >= 0.6 is 23.5 Å². The Labute approximate surface area is 182 Å². The molecule has 2 amide bonds. The predicted octanol–water partition coefficient (Wildman–Crippen LogP) is -0.358. The standard InChI is InChI=1S/C16H15N7O6S2/c1-22-16(18-20-21-22)31-8-6-30-14-10(13(25)23(14)11(8)15(26)27)17-12(24)9(19-28-2)7-4-3-5-29-7/h3-5,10,14H,6H2,1-2H3,(H,17,24)(H,26,27)/t10-,14+/m1/s1. The van der Waals surface area contributed by atoms with E-state index in [-0.39, 0.29) is 17.2 Å². The molecule has 0 bridgehead atoms. The summed E-state index contributed by atoms with van der Waals surface area (Å²) in [6.07, 6.45) is 1.37. The second-order valence-electron chi connectivity index (χ2n) is 6.22. The Bertz CT molecular complexity index is 1100. The first kappa shape index (κ1) is 20.9. The van der Waals surface area contributed by atoms with Gasteiger partial charge in [0.25, 0.3) is 11.8 Å². The number of carbonyl (C=O) groups excluding carboxylic acids is 2.